The summed E-state index contributed by atoms with van der Waals surface area (Å²) in [5.74, 6) is 1.30. The molecule has 71 valence electrons. The minimum absolute atomic E-state index is 0.377. The molecule has 0 amide bonds. The van der Waals surface area contributed by atoms with Crippen molar-refractivity contribution in [1.29, 1.82) is 0 Å². The highest BCUT2D eigenvalue weighted by molar-refractivity contribution is 7.88. The molecule has 0 spiro atoms. The van der Waals surface area contributed by atoms with Gasteiger partial charge in [-0.3, -0.25) is 4.55 Å². The van der Waals surface area contributed by atoms with E-state index in [9.17, 15) is 8.42 Å². The molecule has 0 aliphatic heterocycles. The van der Waals surface area contributed by atoms with Gasteiger partial charge in [-0.15, -0.1) is 0 Å². The maximum Gasteiger partial charge on any atom is 0.273 e. The molecule has 1 N–H and O–H groups in total. The van der Waals surface area contributed by atoms with E-state index < -0.39 is 10.1 Å². The van der Waals surface area contributed by atoms with Crippen molar-refractivity contribution in [2.75, 3.05) is 7.11 Å². The molecule has 1 aromatic carbocycles. The molecule has 0 bridgehead atoms. The van der Waals surface area contributed by atoms with E-state index in [1.165, 1.54) is 13.2 Å². The van der Waals surface area contributed by atoms with Gasteiger partial charge in [0, 0.05) is 0 Å². The van der Waals surface area contributed by atoms with Crippen LogP contribution in [-0.4, -0.2) is 20.1 Å². The minimum Gasteiger partial charge on any atom is -0.497 e. The van der Waals surface area contributed by atoms with E-state index in [0.29, 0.717) is 11.3 Å². The van der Waals surface area contributed by atoms with Crippen LogP contribution < -0.4 is 4.74 Å². The van der Waals surface area contributed by atoms with E-state index in [2.05, 4.69) is 0 Å². The van der Waals surface area contributed by atoms with Crippen LogP contribution in [0.15, 0.2) is 24.3 Å². The zero-order valence-electron chi connectivity index (χ0n) is 6.97. The average Bonchev–Trinajstić information content (AvgIpc) is 2.01. The van der Waals surface area contributed by atoms with Gasteiger partial charge in [-0.05, 0) is 17.7 Å². The van der Waals surface area contributed by atoms with Gasteiger partial charge in [0.2, 0.25) is 0 Å². The molecule has 1 radical (unpaired) electrons. The Morgan fingerprint density at radius 2 is 2.15 bits per heavy atom. The highest BCUT2D eigenvalue weighted by Gasteiger charge is 2.07. The van der Waals surface area contributed by atoms with Crippen LogP contribution in [-0.2, 0) is 10.1 Å². The van der Waals surface area contributed by atoms with Crippen LogP contribution in [0.25, 0.3) is 0 Å². The van der Waals surface area contributed by atoms with Crippen molar-refractivity contribution in [3.8, 4) is 5.75 Å². The lowest BCUT2D eigenvalue weighted by atomic mass is 10.2. The normalized spacial score (nSPS) is 11.2. The van der Waals surface area contributed by atoms with Crippen molar-refractivity contribution < 1.29 is 17.7 Å². The van der Waals surface area contributed by atoms with Crippen LogP contribution >= 0.6 is 0 Å². The third kappa shape index (κ3) is 3.43. The Hall–Kier alpha value is -1.07. The summed E-state index contributed by atoms with van der Waals surface area (Å²) in [7, 11) is -2.60. The Morgan fingerprint density at radius 1 is 1.46 bits per heavy atom. The molecule has 0 heterocycles. The SMILES string of the molecule is COc1cccc([CH]S(=O)(=O)O)c1. The molecular weight excluding hydrogens is 192 g/mol. The van der Waals surface area contributed by atoms with Gasteiger partial charge >= 0.3 is 0 Å². The third-order valence-corrected chi connectivity index (χ3v) is 1.95. The summed E-state index contributed by atoms with van der Waals surface area (Å²) in [5.41, 5.74) is 0.377. The van der Waals surface area contributed by atoms with Crippen LogP contribution in [0.4, 0.5) is 0 Å². The second-order valence-corrected chi connectivity index (χ2v) is 3.68. The first-order valence-electron chi connectivity index (χ1n) is 3.47. The summed E-state index contributed by atoms with van der Waals surface area (Å²) >= 11 is 0. The van der Waals surface area contributed by atoms with E-state index in [1.807, 2.05) is 0 Å². The Labute approximate surface area is 76.9 Å². The number of benzene rings is 1. The van der Waals surface area contributed by atoms with Crippen LogP contribution in [0.1, 0.15) is 5.56 Å². The van der Waals surface area contributed by atoms with E-state index in [-0.39, 0.29) is 0 Å². The van der Waals surface area contributed by atoms with E-state index >= 15 is 0 Å². The molecule has 0 saturated heterocycles. The lowest BCUT2D eigenvalue weighted by molar-refractivity contribution is 0.414. The van der Waals surface area contributed by atoms with Gasteiger partial charge in [-0.2, -0.15) is 8.42 Å². The van der Waals surface area contributed by atoms with Crippen molar-refractivity contribution in [1.82, 2.24) is 0 Å². The topological polar surface area (TPSA) is 63.6 Å². The van der Waals surface area contributed by atoms with Crippen molar-refractivity contribution in [2.45, 2.75) is 0 Å². The molecule has 0 atom stereocenters. The summed E-state index contributed by atoms with van der Waals surface area (Å²) in [6.07, 6.45) is 0. The van der Waals surface area contributed by atoms with Gasteiger partial charge in [0.05, 0.1) is 7.11 Å². The average molecular weight is 201 g/mol. The second kappa shape index (κ2) is 3.76. The number of methoxy groups -OCH3 is 1. The molecule has 0 aliphatic carbocycles. The predicted octanol–water partition coefficient (Wildman–Crippen LogP) is 1.09. The van der Waals surface area contributed by atoms with Gasteiger partial charge < -0.3 is 4.74 Å². The van der Waals surface area contributed by atoms with Crippen LogP contribution in [0.2, 0.25) is 0 Å². The lowest BCUT2D eigenvalue weighted by Crippen LogP contribution is -1.98. The summed E-state index contributed by atoms with van der Waals surface area (Å²) < 4.78 is 34.3. The maximum absolute atomic E-state index is 10.5. The summed E-state index contributed by atoms with van der Waals surface area (Å²) in [6, 6.07) is 6.38. The monoisotopic (exact) mass is 201 g/mol. The molecule has 5 heteroatoms. The maximum atomic E-state index is 10.5. The molecule has 0 saturated carbocycles. The van der Waals surface area contributed by atoms with Crippen LogP contribution in [0, 0.1) is 5.75 Å². The third-order valence-electron chi connectivity index (χ3n) is 1.38. The predicted molar refractivity (Wildman–Crippen MR) is 47.9 cm³/mol. The first kappa shape index (κ1) is 10.0. The standard InChI is InChI=1S/C8H9O4S/c1-12-8-4-2-3-7(5-8)6-13(9,10)11/h2-6H,1H3,(H,9,10,11). The zero-order valence-corrected chi connectivity index (χ0v) is 7.78. The van der Waals surface area contributed by atoms with E-state index in [4.69, 9.17) is 9.29 Å². The molecule has 1 rings (SSSR count). The lowest BCUT2D eigenvalue weighted by Gasteiger charge is -2.01. The quantitative estimate of drug-likeness (QED) is 0.743. The summed E-state index contributed by atoms with van der Waals surface area (Å²) in [4.78, 5) is 0. The number of rotatable bonds is 3. The molecular formula is C8H9O4S. The van der Waals surface area contributed by atoms with Crippen molar-refractivity contribution in [3.63, 3.8) is 0 Å². The highest BCUT2D eigenvalue weighted by atomic mass is 32.2. The minimum atomic E-state index is -4.08. The van der Waals surface area contributed by atoms with E-state index in [1.54, 1.807) is 18.2 Å². The highest BCUT2D eigenvalue weighted by Crippen LogP contribution is 2.15. The Balaban J connectivity index is 2.90. The molecule has 4 nitrogen and oxygen atoms in total. The van der Waals surface area contributed by atoms with E-state index in [0.717, 1.165) is 5.75 Å². The fourth-order valence-electron chi connectivity index (χ4n) is 0.887. The fraction of sp³-hybridized carbons (Fsp3) is 0.125. The molecule has 1 aromatic rings. The van der Waals surface area contributed by atoms with Crippen molar-refractivity contribution in [2.24, 2.45) is 0 Å². The molecule has 0 aromatic heterocycles. The Bertz CT molecular complexity index is 383. The van der Waals surface area contributed by atoms with Crippen molar-refractivity contribution >= 4 is 10.1 Å². The molecule has 0 unspecified atom stereocenters. The first-order valence-corrected chi connectivity index (χ1v) is 4.98. The summed E-state index contributed by atoms with van der Waals surface area (Å²) in [6.45, 7) is 0. The largest absolute Gasteiger partial charge is 0.497 e. The van der Waals surface area contributed by atoms with Gasteiger partial charge in [-0.25, -0.2) is 0 Å². The van der Waals surface area contributed by atoms with Crippen LogP contribution in [0.5, 0.6) is 5.75 Å². The van der Waals surface area contributed by atoms with Crippen molar-refractivity contribution in [3.05, 3.63) is 35.6 Å². The molecule has 13 heavy (non-hydrogen) atoms. The number of ether oxygens (including phenoxy) is 1. The van der Waals surface area contributed by atoms with Gasteiger partial charge in [0.1, 0.15) is 11.5 Å². The van der Waals surface area contributed by atoms with Gasteiger partial charge in [0.15, 0.2) is 0 Å². The number of hydrogen-bond acceptors (Lipinski definition) is 3. The van der Waals surface area contributed by atoms with Gasteiger partial charge in [-0.1, -0.05) is 12.1 Å². The van der Waals surface area contributed by atoms with Crippen LogP contribution in [0.3, 0.4) is 0 Å². The second-order valence-electron chi connectivity index (χ2n) is 2.41. The fourth-order valence-corrected chi connectivity index (χ4v) is 1.38. The molecule has 0 aliphatic rings. The number of hydrogen-bond donors (Lipinski definition) is 1. The summed E-state index contributed by atoms with van der Waals surface area (Å²) in [5, 5.41) is 0. The Morgan fingerprint density at radius 3 is 2.69 bits per heavy atom. The first-order chi connectivity index (χ1) is 6.01. The van der Waals surface area contributed by atoms with Gasteiger partial charge in [0.25, 0.3) is 10.1 Å². The zero-order chi connectivity index (χ0) is 9.90. The molecule has 0 fully saturated rings. The smallest absolute Gasteiger partial charge is 0.273 e. The Kier molecular flexibility index (Phi) is 2.90.